The summed E-state index contributed by atoms with van der Waals surface area (Å²) in [4.78, 5) is 1.96. The van der Waals surface area contributed by atoms with Crippen molar-refractivity contribution in [1.29, 1.82) is 0 Å². The molecule has 1 aromatic carbocycles. The van der Waals surface area contributed by atoms with Gasteiger partial charge in [0.25, 0.3) is 0 Å². The van der Waals surface area contributed by atoms with E-state index in [1.807, 2.05) is 4.90 Å². The molecular weight excluding hydrogens is 265 g/mol. The van der Waals surface area contributed by atoms with Crippen molar-refractivity contribution >= 4 is 5.69 Å². The number of hydrogen-bond acceptors (Lipinski definition) is 2. The Kier molecular flexibility index (Phi) is 3.63. The monoisotopic (exact) mass is 284 g/mol. The van der Waals surface area contributed by atoms with Crippen LogP contribution in [0.25, 0.3) is 0 Å². The Labute approximate surface area is 117 Å². The lowest BCUT2D eigenvalue weighted by atomic mass is 9.96. The summed E-state index contributed by atoms with van der Waals surface area (Å²) in [7, 11) is 0. The maximum Gasteiger partial charge on any atom is 0.196 e. The van der Waals surface area contributed by atoms with Crippen molar-refractivity contribution in [2.75, 3.05) is 11.4 Å². The first-order valence-corrected chi connectivity index (χ1v) is 7.27. The van der Waals surface area contributed by atoms with Crippen molar-refractivity contribution in [1.82, 2.24) is 5.32 Å². The largest absolute Gasteiger partial charge is 0.363 e. The quantitative estimate of drug-likeness (QED) is 0.857. The van der Waals surface area contributed by atoms with E-state index in [1.165, 1.54) is 6.07 Å². The van der Waals surface area contributed by atoms with Gasteiger partial charge in [-0.25, -0.2) is 13.2 Å². The molecule has 110 valence electrons. The second-order valence-corrected chi connectivity index (χ2v) is 5.71. The second kappa shape index (κ2) is 5.28. The zero-order chi connectivity index (χ0) is 14.3. The molecule has 0 amide bonds. The molecule has 2 aliphatic heterocycles. The van der Waals surface area contributed by atoms with Gasteiger partial charge in [0.1, 0.15) is 0 Å². The van der Waals surface area contributed by atoms with Crippen LogP contribution in [0.15, 0.2) is 12.1 Å². The third kappa shape index (κ3) is 2.18. The Balaban J connectivity index is 1.88. The molecule has 0 saturated carbocycles. The Morgan fingerprint density at radius 1 is 1.10 bits per heavy atom. The van der Waals surface area contributed by atoms with Crippen LogP contribution in [0.3, 0.4) is 0 Å². The molecule has 1 aromatic rings. The summed E-state index contributed by atoms with van der Waals surface area (Å²) in [5.41, 5.74) is 0.214. The smallest absolute Gasteiger partial charge is 0.196 e. The van der Waals surface area contributed by atoms with Crippen LogP contribution in [0.4, 0.5) is 18.9 Å². The zero-order valence-electron chi connectivity index (χ0n) is 11.5. The van der Waals surface area contributed by atoms with Crippen LogP contribution in [0, 0.1) is 17.5 Å². The van der Waals surface area contributed by atoms with Crippen molar-refractivity contribution in [3.05, 3.63) is 29.6 Å². The summed E-state index contributed by atoms with van der Waals surface area (Å²) in [5.74, 6) is -3.54. The predicted molar refractivity (Wildman–Crippen MR) is 72.3 cm³/mol. The number of nitrogens with one attached hydrogen (secondary N) is 1. The minimum absolute atomic E-state index is 0.214. The van der Waals surface area contributed by atoms with Crippen molar-refractivity contribution in [3.63, 3.8) is 0 Å². The number of nitrogens with zero attached hydrogens (tertiary/aromatic N) is 1. The predicted octanol–water partition coefficient (Wildman–Crippen LogP) is 3.21. The minimum Gasteiger partial charge on any atom is -0.363 e. The minimum atomic E-state index is -1.37. The molecule has 0 aromatic heterocycles. The van der Waals surface area contributed by atoms with Crippen LogP contribution in [0.1, 0.15) is 32.6 Å². The summed E-state index contributed by atoms with van der Waals surface area (Å²) < 4.78 is 40.5. The lowest BCUT2D eigenvalue weighted by molar-refractivity contribution is 0.356. The molecule has 5 heteroatoms. The summed E-state index contributed by atoms with van der Waals surface area (Å²) in [6.45, 7) is 2.99. The van der Waals surface area contributed by atoms with Gasteiger partial charge in [-0.3, -0.25) is 0 Å². The molecular formula is C15H19F3N2. The molecule has 3 rings (SSSR count). The molecule has 2 heterocycles. The molecule has 2 fully saturated rings. The van der Waals surface area contributed by atoms with E-state index in [2.05, 4.69) is 12.2 Å². The molecule has 2 nitrogen and oxygen atoms in total. The number of rotatable bonds is 3. The first kappa shape index (κ1) is 13.7. The molecule has 2 bridgehead atoms. The van der Waals surface area contributed by atoms with Gasteiger partial charge in [-0.2, -0.15) is 0 Å². The molecule has 1 N–H and O–H groups in total. The van der Waals surface area contributed by atoms with Crippen LogP contribution in [-0.2, 0) is 0 Å². The lowest BCUT2D eigenvalue weighted by Crippen LogP contribution is -2.49. The van der Waals surface area contributed by atoms with Gasteiger partial charge in [0, 0.05) is 18.1 Å². The van der Waals surface area contributed by atoms with Crippen LogP contribution < -0.4 is 10.2 Å². The fourth-order valence-electron chi connectivity index (χ4n) is 3.74. The number of fused-ring (bicyclic) bond motifs is 2. The SMILES string of the molecule is CCNC1CC2CCC(C1)N2c1ccc(F)c(F)c1F. The van der Waals surface area contributed by atoms with Crippen molar-refractivity contribution < 1.29 is 13.2 Å². The van der Waals surface area contributed by atoms with E-state index in [-0.39, 0.29) is 17.8 Å². The molecule has 0 radical (unpaired) electrons. The van der Waals surface area contributed by atoms with E-state index in [9.17, 15) is 13.2 Å². The molecule has 2 aliphatic rings. The highest BCUT2D eigenvalue weighted by molar-refractivity contribution is 5.52. The number of hydrogen-bond donors (Lipinski definition) is 1. The number of anilines is 1. The van der Waals surface area contributed by atoms with Crippen molar-refractivity contribution in [2.24, 2.45) is 0 Å². The number of piperidine rings is 1. The van der Waals surface area contributed by atoms with Crippen LogP contribution >= 0.6 is 0 Å². The Hall–Kier alpha value is -1.23. The van der Waals surface area contributed by atoms with Gasteiger partial charge in [-0.15, -0.1) is 0 Å². The maximum atomic E-state index is 14.0. The molecule has 2 unspecified atom stereocenters. The molecule has 2 atom stereocenters. The van der Waals surface area contributed by atoms with Gasteiger partial charge < -0.3 is 10.2 Å². The summed E-state index contributed by atoms with van der Waals surface area (Å²) >= 11 is 0. The van der Waals surface area contributed by atoms with E-state index in [1.54, 1.807) is 0 Å². The van der Waals surface area contributed by atoms with E-state index >= 15 is 0 Å². The summed E-state index contributed by atoms with van der Waals surface area (Å²) in [6.07, 6.45) is 3.85. The van der Waals surface area contributed by atoms with E-state index in [4.69, 9.17) is 0 Å². The highest BCUT2D eigenvalue weighted by Crippen LogP contribution is 2.40. The number of benzene rings is 1. The summed E-state index contributed by atoms with van der Waals surface area (Å²) in [5, 5.41) is 3.44. The van der Waals surface area contributed by atoms with Crippen molar-refractivity contribution in [2.45, 2.75) is 50.7 Å². The Morgan fingerprint density at radius 2 is 1.75 bits per heavy atom. The van der Waals surface area contributed by atoms with E-state index in [0.29, 0.717) is 6.04 Å². The zero-order valence-corrected chi connectivity index (χ0v) is 11.5. The third-order valence-corrected chi connectivity index (χ3v) is 4.52. The van der Waals surface area contributed by atoms with Gasteiger partial charge in [-0.05, 0) is 44.4 Å². The summed E-state index contributed by atoms with van der Waals surface area (Å²) in [6, 6.07) is 3.27. The topological polar surface area (TPSA) is 15.3 Å². The standard InChI is InChI=1S/C15H19F3N2/c1-2-19-9-7-10-3-4-11(8-9)20(10)13-6-5-12(16)14(17)15(13)18/h5-6,9-11,19H,2-4,7-8H2,1H3. The van der Waals surface area contributed by atoms with Gasteiger partial charge in [0.05, 0.1) is 5.69 Å². The Morgan fingerprint density at radius 3 is 2.35 bits per heavy atom. The fourth-order valence-corrected chi connectivity index (χ4v) is 3.74. The average molecular weight is 284 g/mol. The third-order valence-electron chi connectivity index (χ3n) is 4.52. The average Bonchev–Trinajstić information content (AvgIpc) is 2.68. The van der Waals surface area contributed by atoms with E-state index in [0.717, 1.165) is 38.3 Å². The molecule has 20 heavy (non-hydrogen) atoms. The van der Waals surface area contributed by atoms with Crippen LogP contribution in [0.2, 0.25) is 0 Å². The lowest BCUT2D eigenvalue weighted by Gasteiger charge is -2.41. The van der Waals surface area contributed by atoms with Gasteiger partial charge in [0.15, 0.2) is 17.5 Å². The normalized spacial score (nSPS) is 29.0. The molecule has 0 aliphatic carbocycles. The molecule has 0 spiro atoms. The van der Waals surface area contributed by atoms with Crippen LogP contribution in [-0.4, -0.2) is 24.7 Å². The first-order chi connectivity index (χ1) is 9.61. The fraction of sp³-hybridized carbons (Fsp3) is 0.600. The van der Waals surface area contributed by atoms with E-state index < -0.39 is 17.5 Å². The first-order valence-electron chi connectivity index (χ1n) is 7.27. The highest BCUT2D eigenvalue weighted by atomic mass is 19.2. The molecule has 2 saturated heterocycles. The van der Waals surface area contributed by atoms with Gasteiger partial charge in [-0.1, -0.05) is 6.92 Å². The van der Waals surface area contributed by atoms with Gasteiger partial charge >= 0.3 is 0 Å². The Bertz CT molecular complexity index is 492. The van der Waals surface area contributed by atoms with Gasteiger partial charge in [0.2, 0.25) is 0 Å². The van der Waals surface area contributed by atoms with Crippen LogP contribution in [0.5, 0.6) is 0 Å². The maximum absolute atomic E-state index is 14.0. The van der Waals surface area contributed by atoms with Crippen molar-refractivity contribution in [3.8, 4) is 0 Å². The second-order valence-electron chi connectivity index (χ2n) is 5.71. The number of halogens is 3. The highest BCUT2D eigenvalue weighted by Gasteiger charge is 2.41.